The molecule has 0 aromatic rings. The molecule has 1 aliphatic heterocycles. The first kappa shape index (κ1) is 14.4. The summed E-state index contributed by atoms with van der Waals surface area (Å²) in [4.78, 5) is 14.2. The molecule has 1 fully saturated rings. The molecule has 0 aliphatic carbocycles. The number of carbonyl (C=O) groups is 1. The highest BCUT2D eigenvalue weighted by Crippen LogP contribution is 2.25. The highest BCUT2D eigenvalue weighted by Gasteiger charge is 2.45. The minimum Gasteiger partial charge on any atom is -0.381 e. The van der Waals surface area contributed by atoms with Crippen molar-refractivity contribution in [2.75, 3.05) is 19.0 Å². The Morgan fingerprint density at radius 2 is 1.94 bits per heavy atom. The summed E-state index contributed by atoms with van der Waals surface area (Å²) in [6, 6.07) is 0. The van der Waals surface area contributed by atoms with Gasteiger partial charge in [-0.2, -0.15) is 0 Å². The van der Waals surface area contributed by atoms with E-state index >= 15 is 0 Å². The third-order valence-electron chi connectivity index (χ3n) is 3.14. The minimum atomic E-state index is -3.74. The molecule has 7 heteroatoms. The van der Waals surface area contributed by atoms with E-state index in [0.717, 1.165) is 13.8 Å². The van der Waals surface area contributed by atoms with Crippen molar-refractivity contribution in [2.24, 2.45) is 5.92 Å². The van der Waals surface area contributed by atoms with E-state index in [1.807, 2.05) is 0 Å². The van der Waals surface area contributed by atoms with Crippen LogP contribution in [0.25, 0.3) is 0 Å². The summed E-state index contributed by atoms with van der Waals surface area (Å²) in [5, 5.41) is 0. The maximum Gasteiger partial charge on any atom is 0.369 e. The molecule has 17 heavy (non-hydrogen) atoms. The van der Waals surface area contributed by atoms with Gasteiger partial charge in [0.1, 0.15) is 0 Å². The van der Waals surface area contributed by atoms with Crippen LogP contribution in [0.4, 0.5) is 4.53 Å². The molecule has 0 aromatic carbocycles. The number of hydrogen-bond acceptors (Lipinski definition) is 5. The molecule has 0 unspecified atom stereocenters. The molecule has 0 radical (unpaired) electrons. The summed E-state index contributed by atoms with van der Waals surface area (Å²) < 4.78 is 39.2. The van der Waals surface area contributed by atoms with Crippen molar-refractivity contribution >= 4 is 15.8 Å². The summed E-state index contributed by atoms with van der Waals surface area (Å²) in [5.41, 5.74) is 0. The lowest BCUT2D eigenvalue weighted by molar-refractivity contribution is -0.186. The highest BCUT2D eigenvalue weighted by molar-refractivity contribution is 7.93. The molecule has 0 atom stereocenters. The fourth-order valence-corrected chi connectivity index (χ4v) is 3.31. The van der Waals surface area contributed by atoms with Crippen molar-refractivity contribution in [3.63, 3.8) is 0 Å². The van der Waals surface area contributed by atoms with Crippen LogP contribution in [0.2, 0.25) is 0 Å². The zero-order chi connectivity index (χ0) is 13.1. The maximum atomic E-state index is 12.0. The number of carbonyl (C=O) groups excluding carboxylic acids is 1. The first-order valence-electron chi connectivity index (χ1n) is 5.44. The number of ether oxygens (including phenoxy) is 1. The number of rotatable bonds is 4. The van der Waals surface area contributed by atoms with Gasteiger partial charge in [-0.05, 0) is 32.6 Å². The predicted octanol–water partition coefficient (Wildman–Crippen LogP) is 1.03. The van der Waals surface area contributed by atoms with E-state index in [2.05, 4.69) is 4.94 Å². The molecule has 0 saturated carbocycles. The van der Waals surface area contributed by atoms with Crippen LogP contribution in [-0.2, 0) is 24.3 Å². The van der Waals surface area contributed by atoms with Crippen LogP contribution < -0.4 is 0 Å². The number of sulfone groups is 1. The largest absolute Gasteiger partial charge is 0.381 e. The van der Waals surface area contributed by atoms with Gasteiger partial charge in [-0.25, -0.2) is 13.2 Å². The van der Waals surface area contributed by atoms with E-state index in [1.54, 1.807) is 0 Å². The molecule has 100 valence electrons. The van der Waals surface area contributed by atoms with Crippen molar-refractivity contribution in [3.8, 4) is 0 Å². The van der Waals surface area contributed by atoms with E-state index in [9.17, 15) is 17.7 Å². The Bertz CT molecular complexity index is 370. The van der Waals surface area contributed by atoms with Gasteiger partial charge in [-0.1, -0.05) is 0 Å². The number of hydrogen-bond donors (Lipinski definition) is 0. The lowest BCUT2D eigenvalue weighted by atomic mass is 10.0. The van der Waals surface area contributed by atoms with Crippen LogP contribution in [0.1, 0.15) is 26.7 Å². The Labute approximate surface area is 100 Å². The Morgan fingerprint density at radius 3 is 2.41 bits per heavy atom. The van der Waals surface area contributed by atoms with E-state index < -0.39 is 20.6 Å². The average molecular weight is 268 g/mol. The Morgan fingerprint density at radius 1 is 1.41 bits per heavy atom. The summed E-state index contributed by atoms with van der Waals surface area (Å²) in [6.07, 6.45) is 1.28. The van der Waals surface area contributed by atoms with Crippen molar-refractivity contribution in [2.45, 2.75) is 31.4 Å². The molecule has 1 rings (SSSR count). The molecule has 0 N–H and O–H groups in total. The predicted molar refractivity (Wildman–Crippen MR) is 58.6 cm³/mol. The zero-order valence-corrected chi connectivity index (χ0v) is 10.8. The third-order valence-corrected chi connectivity index (χ3v) is 5.77. The Balaban J connectivity index is 2.76. The van der Waals surface area contributed by atoms with Crippen LogP contribution in [0, 0.1) is 5.92 Å². The summed E-state index contributed by atoms with van der Waals surface area (Å²) in [6.45, 7) is 3.36. The van der Waals surface area contributed by atoms with E-state index in [-0.39, 0.29) is 11.7 Å². The monoisotopic (exact) mass is 268 g/mol. The second-order valence-electron chi connectivity index (χ2n) is 4.71. The third kappa shape index (κ3) is 3.16. The standard InChI is InChI=1S/C10H17FO5S/c1-10(2,9(12)16-11)17(13,14)7-8-3-5-15-6-4-8/h8H,3-7H2,1-2H3. The van der Waals surface area contributed by atoms with Crippen molar-refractivity contribution < 1.29 is 27.4 Å². The Hall–Kier alpha value is -0.690. The van der Waals surface area contributed by atoms with Gasteiger partial charge in [0, 0.05) is 17.7 Å². The molecular weight excluding hydrogens is 251 g/mol. The fourth-order valence-electron chi connectivity index (χ4n) is 1.65. The van der Waals surface area contributed by atoms with Crippen LogP contribution in [0.3, 0.4) is 0 Å². The van der Waals surface area contributed by atoms with E-state index in [1.165, 1.54) is 0 Å². The fraction of sp³-hybridized carbons (Fsp3) is 0.900. The lowest BCUT2D eigenvalue weighted by Gasteiger charge is -2.26. The molecule has 1 heterocycles. The van der Waals surface area contributed by atoms with Gasteiger partial charge in [-0.15, -0.1) is 0 Å². The molecule has 0 spiro atoms. The van der Waals surface area contributed by atoms with Gasteiger partial charge in [-0.3, -0.25) is 4.94 Å². The molecular formula is C10H17FO5S. The van der Waals surface area contributed by atoms with Gasteiger partial charge in [0.15, 0.2) is 14.6 Å². The van der Waals surface area contributed by atoms with Gasteiger partial charge < -0.3 is 4.74 Å². The van der Waals surface area contributed by atoms with Gasteiger partial charge in [0.2, 0.25) is 0 Å². The number of halogens is 1. The zero-order valence-electron chi connectivity index (χ0n) is 9.94. The summed E-state index contributed by atoms with van der Waals surface area (Å²) >= 11 is 0. The molecule has 1 saturated heterocycles. The van der Waals surface area contributed by atoms with Gasteiger partial charge >= 0.3 is 5.97 Å². The van der Waals surface area contributed by atoms with Crippen molar-refractivity contribution in [3.05, 3.63) is 0 Å². The minimum absolute atomic E-state index is 0.0413. The topological polar surface area (TPSA) is 69.7 Å². The molecule has 0 amide bonds. The van der Waals surface area contributed by atoms with Crippen LogP contribution in [0.5, 0.6) is 0 Å². The van der Waals surface area contributed by atoms with Gasteiger partial charge in [0.25, 0.3) is 0 Å². The van der Waals surface area contributed by atoms with Crippen molar-refractivity contribution in [1.29, 1.82) is 0 Å². The lowest BCUT2D eigenvalue weighted by Crippen LogP contribution is -2.44. The summed E-state index contributed by atoms with van der Waals surface area (Å²) in [7, 11) is -3.74. The first-order chi connectivity index (χ1) is 7.81. The highest BCUT2D eigenvalue weighted by atomic mass is 32.2. The normalized spacial score (nSPS) is 19.0. The molecule has 1 aliphatic rings. The molecule has 0 bridgehead atoms. The first-order valence-corrected chi connectivity index (χ1v) is 7.09. The smallest absolute Gasteiger partial charge is 0.369 e. The van der Waals surface area contributed by atoms with Crippen LogP contribution in [-0.4, -0.2) is 38.1 Å². The second kappa shape index (κ2) is 5.30. The van der Waals surface area contributed by atoms with Crippen LogP contribution in [0.15, 0.2) is 0 Å². The van der Waals surface area contributed by atoms with E-state index in [4.69, 9.17) is 4.74 Å². The Kier molecular flexibility index (Phi) is 4.48. The quantitative estimate of drug-likeness (QED) is 0.761. The summed E-state index contributed by atoms with van der Waals surface area (Å²) in [5.74, 6) is -1.55. The van der Waals surface area contributed by atoms with Gasteiger partial charge in [0.05, 0.1) is 5.75 Å². The maximum absolute atomic E-state index is 12.0. The average Bonchev–Trinajstić information content (AvgIpc) is 2.28. The molecule has 0 aromatic heterocycles. The van der Waals surface area contributed by atoms with Crippen molar-refractivity contribution in [1.82, 2.24) is 0 Å². The SMILES string of the molecule is CC(C)(C(=O)OF)S(=O)(=O)CC1CCOCC1. The second-order valence-corrected chi connectivity index (χ2v) is 7.30. The van der Waals surface area contributed by atoms with Crippen LogP contribution >= 0.6 is 0 Å². The van der Waals surface area contributed by atoms with E-state index in [0.29, 0.717) is 26.1 Å². The molecule has 5 nitrogen and oxygen atoms in total.